The van der Waals surface area contributed by atoms with Crippen molar-refractivity contribution in [2.75, 3.05) is 0 Å². The number of halogens is 5. The highest BCUT2D eigenvalue weighted by atomic mass is 19.4. The molecule has 1 aromatic carbocycles. The first kappa shape index (κ1) is 25.2. The predicted molar refractivity (Wildman–Crippen MR) is 119 cm³/mol. The van der Waals surface area contributed by atoms with Crippen LogP contribution in [0.2, 0.25) is 0 Å². The van der Waals surface area contributed by atoms with E-state index in [4.69, 9.17) is 0 Å². The number of benzene rings is 1. The topological polar surface area (TPSA) is 0 Å². The van der Waals surface area contributed by atoms with Crippen LogP contribution in [0, 0.1) is 35.3 Å². The van der Waals surface area contributed by atoms with Gasteiger partial charge in [0.15, 0.2) is 0 Å². The summed E-state index contributed by atoms with van der Waals surface area (Å²) in [5, 5.41) is 0. The Morgan fingerprint density at radius 3 is 1.78 bits per heavy atom. The predicted octanol–water partition coefficient (Wildman–Crippen LogP) is 9.28. The summed E-state index contributed by atoms with van der Waals surface area (Å²) in [6, 6.07) is 1.71. The average molecular weight is 457 g/mol. The van der Waals surface area contributed by atoms with Crippen molar-refractivity contribution in [3.63, 3.8) is 0 Å². The first-order chi connectivity index (χ1) is 15.3. The monoisotopic (exact) mass is 456 g/mol. The first-order valence-corrected chi connectivity index (χ1v) is 12.4. The van der Waals surface area contributed by atoms with Crippen molar-refractivity contribution < 1.29 is 22.0 Å². The zero-order valence-corrected chi connectivity index (χ0v) is 19.2. The lowest BCUT2D eigenvalue weighted by Crippen LogP contribution is -2.26. The molecule has 0 bridgehead atoms. The van der Waals surface area contributed by atoms with Gasteiger partial charge in [0.2, 0.25) is 0 Å². The van der Waals surface area contributed by atoms with Crippen molar-refractivity contribution in [3.8, 4) is 0 Å². The van der Waals surface area contributed by atoms with Gasteiger partial charge in [0.1, 0.15) is 17.2 Å². The van der Waals surface area contributed by atoms with E-state index in [1.807, 2.05) is 0 Å². The summed E-state index contributed by atoms with van der Waals surface area (Å²) in [6.07, 6.45) is 14.6. The van der Waals surface area contributed by atoms with Crippen molar-refractivity contribution in [1.29, 1.82) is 0 Å². The Kier molecular flexibility index (Phi) is 9.19. The molecule has 180 valence electrons. The molecular formula is C27H37F5. The molecule has 0 aliphatic heterocycles. The number of unbranched alkanes of at least 4 members (excludes halogenated alkanes) is 1. The number of rotatable bonds is 8. The first-order valence-electron chi connectivity index (χ1n) is 12.4. The van der Waals surface area contributed by atoms with Crippen LogP contribution in [0.25, 0.3) is 0 Å². The highest BCUT2D eigenvalue weighted by Crippen LogP contribution is 2.43. The molecule has 0 amide bonds. The summed E-state index contributed by atoms with van der Waals surface area (Å²) >= 11 is 0. The molecule has 2 aliphatic rings. The largest absolute Gasteiger partial charge is 0.422 e. The van der Waals surface area contributed by atoms with Crippen molar-refractivity contribution in [2.45, 2.75) is 96.6 Å². The summed E-state index contributed by atoms with van der Waals surface area (Å²) in [6.45, 7) is 2.08. The molecule has 0 atom stereocenters. The van der Waals surface area contributed by atoms with Gasteiger partial charge in [0, 0.05) is 0 Å². The van der Waals surface area contributed by atoms with Gasteiger partial charge in [-0.25, -0.2) is 8.78 Å². The van der Waals surface area contributed by atoms with E-state index in [9.17, 15) is 22.0 Å². The van der Waals surface area contributed by atoms with Gasteiger partial charge in [0.05, 0.1) is 0 Å². The van der Waals surface area contributed by atoms with Crippen LogP contribution < -0.4 is 0 Å². The van der Waals surface area contributed by atoms with Crippen LogP contribution in [0.3, 0.4) is 0 Å². The fraction of sp³-hybridized carbons (Fsp3) is 0.704. The molecule has 0 radical (unpaired) electrons. The Balaban J connectivity index is 1.39. The van der Waals surface area contributed by atoms with E-state index in [2.05, 4.69) is 19.1 Å². The lowest BCUT2D eigenvalue weighted by molar-refractivity contribution is -0.142. The van der Waals surface area contributed by atoms with Gasteiger partial charge in [0.25, 0.3) is 0 Å². The lowest BCUT2D eigenvalue weighted by atomic mass is 9.68. The maximum absolute atomic E-state index is 13.8. The SMILES string of the molecule is CC=CCCCC1CCC(C2CCC(CCc3cc(F)c(C(F)(F)F)c(F)c3)CC2)CC1. The summed E-state index contributed by atoms with van der Waals surface area (Å²) in [7, 11) is 0. The maximum atomic E-state index is 13.8. The van der Waals surface area contributed by atoms with E-state index in [-0.39, 0.29) is 0 Å². The lowest BCUT2D eigenvalue weighted by Gasteiger charge is -2.38. The van der Waals surface area contributed by atoms with Crippen LogP contribution in [-0.2, 0) is 12.6 Å². The molecule has 0 spiro atoms. The third-order valence-corrected chi connectivity index (χ3v) is 7.89. The quantitative estimate of drug-likeness (QED) is 0.208. The molecule has 0 aromatic heterocycles. The van der Waals surface area contributed by atoms with Crippen molar-refractivity contribution >= 4 is 0 Å². The van der Waals surface area contributed by atoms with E-state index in [0.717, 1.165) is 49.1 Å². The van der Waals surface area contributed by atoms with E-state index in [1.165, 1.54) is 57.8 Å². The van der Waals surface area contributed by atoms with E-state index in [0.29, 0.717) is 17.9 Å². The van der Waals surface area contributed by atoms with Crippen LogP contribution in [0.5, 0.6) is 0 Å². The van der Waals surface area contributed by atoms with Crippen molar-refractivity contribution in [1.82, 2.24) is 0 Å². The standard InChI is InChI=1S/C27H37F5/c1-2-3-4-5-6-19-9-13-22(14-10-19)23-15-11-20(12-16-23)7-8-21-17-24(28)26(25(29)18-21)27(30,31)32/h2-3,17-20,22-23H,4-16H2,1H3. The molecular weight excluding hydrogens is 419 g/mol. The molecule has 0 heterocycles. The third kappa shape index (κ3) is 7.05. The van der Waals surface area contributed by atoms with Gasteiger partial charge in [-0.3, -0.25) is 0 Å². The van der Waals surface area contributed by atoms with Gasteiger partial charge >= 0.3 is 6.18 Å². The van der Waals surface area contributed by atoms with Crippen molar-refractivity contribution in [2.24, 2.45) is 23.7 Å². The second-order valence-electron chi connectivity index (χ2n) is 10.0. The number of hydrogen-bond acceptors (Lipinski definition) is 0. The number of alkyl halides is 3. The highest BCUT2D eigenvalue weighted by molar-refractivity contribution is 5.28. The van der Waals surface area contributed by atoms with Gasteiger partial charge in [-0.1, -0.05) is 44.3 Å². The molecule has 0 nitrogen and oxygen atoms in total. The fourth-order valence-electron chi connectivity index (χ4n) is 6.00. The van der Waals surface area contributed by atoms with E-state index >= 15 is 0 Å². The van der Waals surface area contributed by atoms with E-state index < -0.39 is 23.4 Å². The van der Waals surface area contributed by atoms with E-state index in [1.54, 1.807) is 0 Å². The number of aryl methyl sites for hydroxylation is 1. The van der Waals surface area contributed by atoms with Gasteiger partial charge in [-0.2, -0.15) is 13.2 Å². The van der Waals surface area contributed by atoms with Crippen LogP contribution >= 0.6 is 0 Å². The summed E-state index contributed by atoms with van der Waals surface area (Å²) in [5.41, 5.74) is -1.46. The minimum absolute atomic E-state index is 0.322. The summed E-state index contributed by atoms with van der Waals surface area (Å²) < 4.78 is 65.8. The minimum atomic E-state index is -5.00. The van der Waals surface area contributed by atoms with Crippen molar-refractivity contribution in [3.05, 3.63) is 47.0 Å². The highest BCUT2D eigenvalue weighted by Gasteiger charge is 2.38. The second kappa shape index (κ2) is 11.7. The Hall–Kier alpha value is -1.39. The molecule has 2 fully saturated rings. The second-order valence-corrected chi connectivity index (χ2v) is 10.0. The third-order valence-electron chi connectivity index (χ3n) is 7.89. The average Bonchev–Trinajstić information content (AvgIpc) is 2.75. The molecule has 2 saturated carbocycles. The Morgan fingerprint density at radius 2 is 1.31 bits per heavy atom. The smallest absolute Gasteiger partial charge is 0.206 e. The summed E-state index contributed by atoms with van der Waals surface area (Å²) in [4.78, 5) is 0. The maximum Gasteiger partial charge on any atom is 0.422 e. The van der Waals surface area contributed by atoms with Gasteiger partial charge in [-0.05, 0) is 99.7 Å². The molecule has 2 aliphatic carbocycles. The Labute approximate surface area is 189 Å². The van der Waals surface area contributed by atoms with Crippen LogP contribution in [0.15, 0.2) is 24.3 Å². The Bertz CT molecular complexity index is 712. The number of hydrogen-bond donors (Lipinski definition) is 0. The van der Waals surface area contributed by atoms with Crippen LogP contribution in [0.1, 0.15) is 95.1 Å². The number of allylic oxidation sites excluding steroid dienone is 2. The molecule has 1 aromatic rings. The summed E-state index contributed by atoms with van der Waals surface area (Å²) in [5.74, 6) is 0.0410. The van der Waals surface area contributed by atoms with Crippen LogP contribution in [-0.4, -0.2) is 0 Å². The molecule has 0 unspecified atom stereocenters. The molecule has 3 rings (SSSR count). The normalized spacial score (nSPS) is 27.2. The van der Waals surface area contributed by atoms with Crippen LogP contribution in [0.4, 0.5) is 22.0 Å². The molecule has 32 heavy (non-hydrogen) atoms. The molecule has 0 saturated heterocycles. The Morgan fingerprint density at radius 1 is 0.812 bits per heavy atom. The molecule has 0 N–H and O–H groups in total. The zero-order valence-electron chi connectivity index (χ0n) is 19.2. The zero-order chi connectivity index (χ0) is 23.1. The fourth-order valence-corrected chi connectivity index (χ4v) is 6.00. The molecule has 5 heteroatoms. The van der Waals surface area contributed by atoms with Gasteiger partial charge in [-0.15, -0.1) is 0 Å². The minimum Gasteiger partial charge on any atom is -0.206 e. The van der Waals surface area contributed by atoms with Gasteiger partial charge < -0.3 is 0 Å².